The number of hydrogen-bond acceptors (Lipinski definition) is 4. The molecular weight excluding hydrogens is 264 g/mol. The molecule has 1 aliphatic carbocycles. The van der Waals surface area contributed by atoms with Crippen molar-refractivity contribution in [3.8, 4) is 0 Å². The number of rotatable bonds is 5. The van der Waals surface area contributed by atoms with Crippen molar-refractivity contribution < 1.29 is 14.7 Å². The van der Waals surface area contributed by atoms with E-state index in [1.807, 2.05) is 6.92 Å². The van der Waals surface area contributed by atoms with Crippen LogP contribution in [0.3, 0.4) is 0 Å². The highest BCUT2D eigenvalue weighted by atomic mass is 32.2. The number of carboxylic acids is 1. The van der Waals surface area contributed by atoms with Crippen molar-refractivity contribution >= 4 is 23.6 Å². The molecule has 1 saturated carbocycles. The number of carbonyl (C=O) groups is 2. The molecule has 1 heterocycles. The Morgan fingerprint density at radius 2 is 2.16 bits per heavy atom. The van der Waals surface area contributed by atoms with Crippen LogP contribution in [0.25, 0.3) is 0 Å². The molecule has 5 nitrogen and oxygen atoms in total. The van der Waals surface area contributed by atoms with Crippen LogP contribution in [0.1, 0.15) is 34.5 Å². The first-order chi connectivity index (χ1) is 8.97. The van der Waals surface area contributed by atoms with Crippen LogP contribution in [0.5, 0.6) is 0 Å². The number of hydrogen-bond donors (Lipinski definition) is 2. The van der Waals surface area contributed by atoms with Crippen molar-refractivity contribution in [2.24, 2.45) is 0 Å². The molecule has 2 N–H and O–H groups in total. The third-order valence-electron chi connectivity index (χ3n) is 2.81. The number of thioether (sulfide) groups is 1. The van der Waals surface area contributed by atoms with Crippen molar-refractivity contribution in [3.05, 3.63) is 22.9 Å². The lowest BCUT2D eigenvalue weighted by atomic mass is 10.1. The van der Waals surface area contributed by atoms with Gasteiger partial charge in [0.1, 0.15) is 5.03 Å². The van der Waals surface area contributed by atoms with E-state index in [0.29, 0.717) is 16.6 Å². The minimum absolute atomic E-state index is 0.0650. The molecule has 0 spiro atoms. The van der Waals surface area contributed by atoms with Crippen LogP contribution in [-0.4, -0.2) is 33.8 Å². The van der Waals surface area contributed by atoms with Crippen molar-refractivity contribution in [3.63, 3.8) is 0 Å². The normalized spacial score (nSPS) is 14.2. The Morgan fingerprint density at radius 3 is 2.74 bits per heavy atom. The zero-order chi connectivity index (χ0) is 14.0. The average molecular weight is 280 g/mol. The fraction of sp³-hybridized carbons (Fsp3) is 0.462. The first-order valence-electron chi connectivity index (χ1n) is 6.11. The van der Waals surface area contributed by atoms with E-state index < -0.39 is 5.97 Å². The average Bonchev–Trinajstić information content (AvgIpc) is 3.08. The summed E-state index contributed by atoms with van der Waals surface area (Å²) in [5, 5.41) is 12.5. The van der Waals surface area contributed by atoms with Gasteiger partial charge in [-0.05, 0) is 38.3 Å². The number of aryl methyl sites for hydroxylation is 2. The van der Waals surface area contributed by atoms with E-state index in [4.69, 9.17) is 0 Å². The smallest absolute Gasteiger partial charge is 0.338 e. The van der Waals surface area contributed by atoms with Crippen LogP contribution >= 0.6 is 11.8 Å². The molecule has 1 aliphatic rings. The summed E-state index contributed by atoms with van der Waals surface area (Å²) in [4.78, 5) is 27.1. The van der Waals surface area contributed by atoms with Crippen LogP contribution < -0.4 is 5.32 Å². The van der Waals surface area contributed by atoms with Gasteiger partial charge in [0.25, 0.3) is 0 Å². The van der Waals surface area contributed by atoms with E-state index >= 15 is 0 Å². The van der Waals surface area contributed by atoms with Gasteiger partial charge in [-0.15, -0.1) is 0 Å². The lowest BCUT2D eigenvalue weighted by Crippen LogP contribution is -2.27. The molecule has 19 heavy (non-hydrogen) atoms. The third kappa shape index (κ3) is 3.70. The Morgan fingerprint density at radius 1 is 1.47 bits per heavy atom. The highest BCUT2D eigenvalue weighted by Gasteiger charge is 2.24. The first-order valence-corrected chi connectivity index (χ1v) is 7.09. The summed E-state index contributed by atoms with van der Waals surface area (Å²) in [6.45, 7) is 3.55. The number of carboxylic acid groups (broad SMARTS) is 1. The van der Waals surface area contributed by atoms with Gasteiger partial charge in [0.2, 0.25) is 5.91 Å². The SMILES string of the molecule is Cc1cc(C)c(C(=O)O)c(SCC(=O)NC2CC2)n1. The molecule has 0 unspecified atom stereocenters. The number of aromatic nitrogens is 1. The second-order valence-corrected chi connectivity index (χ2v) is 5.66. The predicted molar refractivity (Wildman–Crippen MR) is 72.6 cm³/mol. The Balaban J connectivity index is 2.09. The van der Waals surface area contributed by atoms with E-state index in [9.17, 15) is 14.7 Å². The fourth-order valence-corrected chi connectivity index (χ4v) is 2.75. The van der Waals surface area contributed by atoms with E-state index in [-0.39, 0.29) is 17.2 Å². The summed E-state index contributed by atoms with van der Waals surface area (Å²) in [6, 6.07) is 2.05. The highest BCUT2D eigenvalue weighted by Crippen LogP contribution is 2.25. The van der Waals surface area contributed by atoms with Crippen molar-refractivity contribution in [1.29, 1.82) is 0 Å². The zero-order valence-electron chi connectivity index (χ0n) is 10.9. The number of carbonyl (C=O) groups excluding carboxylic acids is 1. The number of aromatic carboxylic acids is 1. The van der Waals surface area contributed by atoms with Crippen LogP contribution in [0.15, 0.2) is 11.1 Å². The van der Waals surface area contributed by atoms with E-state index in [1.54, 1.807) is 13.0 Å². The fourth-order valence-electron chi connectivity index (χ4n) is 1.80. The minimum Gasteiger partial charge on any atom is -0.478 e. The summed E-state index contributed by atoms with van der Waals surface area (Å²) in [5.74, 6) is -0.868. The van der Waals surface area contributed by atoms with Gasteiger partial charge in [0.15, 0.2) is 0 Å². The number of amides is 1. The van der Waals surface area contributed by atoms with Gasteiger partial charge >= 0.3 is 5.97 Å². The molecule has 0 radical (unpaired) electrons. The lowest BCUT2D eigenvalue weighted by molar-refractivity contribution is -0.118. The van der Waals surface area contributed by atoms with Gasteiger partial charge < -0.3 is 10.4 Å². The number of nitrogens with zero attached hydrogens (tertiary/aromatic N) is 1. The van der Waals surface area contributed by atoms with Gasteiger partial charge in [0.05, 0.1) is 11.3 Å². The second-order valence-electron chi connectivity index (χ2n) is 4.70. The summed E-state index contributed by atoms with van der Waals surface area (Å²) >= 11 is 1.18. The molecule has 6 heteroatoms. The molecule has 0 saturated heterocycles. The quantitative estimate of drug-likeness (QED) is 0.804. The van der Waals surface area contributed by atoms with E-state index in [0.717, 1.165) is 18.5 Å². The third-order valence-corrected chi connectivity index (χ3v) is 3.78. The monoisotopic (exact) mass is 280 g/mol. The minimum atomic E-state index is -1.00. The second kappa shape index (κ2) is 5.61. The maximum Gasteiger partial charge on any atom is 0.338 e. The Hall–Kier alpha value is -1.56. The molecule has 0 bridgehead atoms. The van der Waals surface area contributed by atoms with Crippen LogP contribution in [-0.2, 0) is 4.79 Å². The van der Waals surface area contributed by atoms with E-state index in [1.165, 1.54) is 11.8 Å². The molecule has 1 amide bonds. The van der Waals surface area contributed by atoms with E-state index in [2.05, 4.69) is 10.3 Å². The molecule has 0 atom stereocenters. The van der Waals surface area contributed by atoms with Crippen molar-refractivity contribution in [2.75, 3.05) is 5.75 Å². The topological polar surface area (TPSA) is 79.3 Å². The first kappa shape index (κ1) is 13.9. The maximum atomic E-state index is 11.6. The largest absolute Gasteiger partial charge is 0.478 e. The molecule has 102 valence electrons. The Bertz CT molecular complexity index is 527. The summed E-state index contributed by atoms with van der Waals surface area (Å²) in [6.07, 6.45) is 2.08. The zero-order valence-corrected chi connectivity index (χ0v) is 11.7. The van der Waals surface area contributed by atoms with Crippen LogP contribution in [0.4, 0.5) is 0 Å². The van der Waals surface area contributed by atoms with Crippen LogP contribution in [0, 0.1) is 13.8 Å². The summed E-state index contributed by atoms with van der Waals surface area (Å²) in [5.41, 5.74) is 1.62. The number of pyridine rings is 1. The van der Waals surface area contributed by atoms with Crippen molar-refractivity contribution in [2.45, 2.75) is 37.8 Å². The van der Waals surface area contributed by atoms with Gasteiger partial charge in [-0.1, -0.05) is 11.8 Å². The summed E-state index contributed by atoms with van der Waals surface area (Å²) < 4.78 is 0. The Labute approximate surface area is 115 Å². The van der Waals surface area contributed by atoms with Crippen molar-refractivity contribution in [1.82, 2.24) is 10.3 Å². The Kier molecular flexibility index (Phi) is 4.09. The standard InChI is InChI=1S/C13H16N2O3S/c1-7-5-8(2)14-12(11(7)13(17)18)19-6-10(16)15-9-3-4-9/h5,9H,3-4,6H2,1-2H3,(H,15,16)(H,17,18). The van der Waals surface area contributed by atoms with Gasteiger partial charge in [-0.3, -0.25) is 4.79 Å². The van der Waals surface area contributed by atoms with Gasteiger partial charge in [-0.25, -0.2) is 9.78 Å². The molecule has 0 aliphatic heterocycles. The molecular formula is C13H16N2O3S. The molecule has 1 fully saturated rings. The highest BCUT2D eigenvalue weighted by molar-refractivity contribution is 8.00. The van der Waals surface area contributed by atoms with Gasteiger partial charge in [0, 0.05) is 11.7 Å². The maximum absolute atomic E-state index is 11.6. The lowest BCUT2D eigenvalue weighted by Gasteiger charge is -2.09. The number of nitrogens with one attached hydrogen (secondary N) is 1. The molecule has 2 rings (SSSR count). The summed E-state index contributed by atoms with van der Waals surface area (Å²) in [7, 11) is 0. The van der Waals surface area contributed by atoms with Crippen LogP contribution in [0.2, 0.25) is 0 Å². The molecule has 1 aromatic rings. The predicted octanol–water partition coefficient (Wildman–Crippen LogP) is 1.77. The van der Waals surface area contributed by atoms with Gasteiger partial charge in [-0.2, -0.15) is 0 Å². The molecule has 0 aromatic carbocycles. The molecule has 1 aromatic heterocycles.